The number of rotatable bonds is 4. The average Bonchev–Trinajstić information content (AvgIpc) is 3.00. The van der Waals surface area contributed by atoms with Gasteiger partial charge >= 0.3 is 0 Å². The van der Waals surface area contributed by atoms with E-state index in [0.29, 0.717) is 0 Å². The number of nitrogens with zero attached hydrogens (tertiary/aromatic N) is 1. The molecule has 0 aliphatic carbocycles. The molecule has 94 valence electrons. The molecule has 1 aromatic carbocycles. The zero-order chi connectivity index (χ0) is 12.9. The highest BCUT2D eigenvalue weighted by atomic mass is 32.1. The summed E-state index contributed by atoms with van der Waals surface area (Å²) in [5, 5.41) is 7.72. The smallest absolute Gasteiger partial charge is 0.0940 e. The Morgan fingerprint density at radius 3 is 2.47 bits per heavy atom. The first-order valence-corrected chi connectivity index (χ1v) is 7.12. The maximum Gasteiger partial charge on any atom is 0.0940 e. The van der Waals surface area contributed by atoms with Gasteiger partial charge in [-0.2, -0.15) is 11.3 Å². The Hall–Kier alpha value is -2.13. The lowest BCUT2D eigenvalue weighted by Gasteiger charge is -2.19. The minimum absolute atomic E-state index is 0.0806. The van der Waals surface area contributed by atoms with Crippen molar-refractivity contribution in [1.29, 1.82) is 0 Å². The number of benzene rings is 1. The molecule has 19 heavy (non-hydrogen) atoms. The lowest BCUT2D eigenvalue weighted by molar-refractivity contribution is 0.888. The standard InChI is InChI=1S/C16H14N2S/c1-2-6-13(7-3-1)16(15-8-4-5-10-17-15)18-14-9-11-19-12-14/h1-12,16,18H. The summed E-state index contributed by atoms with van der Waals surface area (Å²) in [4.78, 5) is 4.48. The van der Waals surface area contributed by atoms with E-state index in [1.54, 1.807) is 11.3 Å². The van der Waals surface area contributed by atoms with Gasteiger partial charge in [0, 0.05) is 17.3 Å². The Labute approximate surface area is 116 Å². The molecule has 3 rings (SSSR count). The molecule has 0 bridgehead atoms. The summed E-state index contributed by atoms with van der Waals surface area (Å²) >= 11 is 1.69. The molecule has 3 aromatic rings. The Morgan fingerprint density at radius 2 is 1.79 bits per heavy atom. The van der Waals surface area contributed by atoms with E-state index < -0.39 is 0 Å². The van der Waals surface area contributed by atoms with E-state index in [1.165, 1.54) is 5.56 Å². The fourth-order valence-electron chi connectivity index (χ4n) is 2.03. The maximum absolute atomic E-state index is 4.48. The van der Waals surface area contributed by atoms with Gasteiger partial charge in [-0.05, 0) is 29.1 Å². The highest BCUT2D eigenvalue weighted by Crippen LogP contribution is 2.26. The van der Waals surface area contributed by atoms with Gasteiger partial charge in [-0.1, -0.05) is 36.4 Å². The molecule has 3 heteroatoms. The third-order valence-electron chi connectivity index (χ3n) is 2.95. The van der Waals surface area contributed by atoms with E-state index in [0.717, 1.165) is 11.4 Å². The predicted octanol–water partition coefficient (Wildman–Crippen LogP) is 4.34. The summed E-state index contributed by atoms with van der Waals surface area (Å²) in [5.41, 5.74) is 3.37. The largest absolute Gasteiger partial charge is 0.372 e. The second kappa shape index (κ2) is 5.67. The van der Waals surface area contributed by atoms with Crippen LogP contribution in [0.5, 0.6) is 0 Å². The Balaban J connectivity index is 1.96. The van der Waals surface area contributed by atoms with Crippen LogP contribution in [0.15, 0.2) is 71.6 Å². The summed E-state index contributed by atoms with van der Waals surface area (Å²) in [6.45, 7) is 0. The van der Waals surface area contributed by atoms with Crippen LogP contribution in [0.2, 0.25) is 0 Å². The summed E-state index contributed by atoms with van der Waals surface area (Å²) in [6.07, 6.45) is 1.83. The molecular formula is C16H14N2S. The minimum Gasteiger partial charge on any atom is -0.372 e. The molecule has 2 nitrogen and oxygen atoms in total. The van der Waals surface area contributed by atoms with E-state index in [1.807, 2.05) is 24.4 Å². The van der Waals surface area contributed by atoms with Crippen molar-refractivity contribution in [2.75, 3.05) is 5.32 Å². The van der Waals surface area contributed by atoms with Gasteiger partial charge in [-0.15, -0.1) is 0 Å². The SMILES string of the molecule is c1ccc(C(Nc2ccsc2)c2ccccn2)cc1. The molecule has 0 aliphatic heterocycles. The molecule has 0 aliphatic rings. The Kier molecular flexibility index (Phi) is 3.56. The van der Waals surface area contributed by atoms with Crippen LogP contribution in [0.4, 0.5) is 5.69 Å². The highest BCUT2D eigenvalue weighted by molar-refractivity contribution is 7.08. The van der Waals surface area contributed by atoms with Crippen molar-refractivity contribution in [3.63, 3.8) is 0 Å². The predicted molar refractivity (Wildman–Crippen MR) is 80.5 cm³/mol. The van der Waals surface area contributed by atoms with Gasteiger partial charge in [-0.25, -0.2) is 0 Å². The van der Waals surface area contributed by atoms with Crippen LogP contribution in [-0.2, 0) is 0 Å². The molecule has 0 saturated heterocycles. The van der Waals surface area contributed by atoms with Crippen LogP contribution in [-0.4, -0.2) is 4.98 Å². The second-order valence-electron chi connectivity index (χ2n) is 4.25. The molecule has 0 saturated carbocycles. The maximum atomic E-state index is 4.48. The zero-order valence-electron chi connectivity index (χ0n) is 10.4. The quantitative estimate of drug-likeness (QED) is 0.759. The van der Waals surface area contributed by atoms with Gasteiger partial charge in [0.05, 0.1) is 11.7 Å². The first-order valence-electron chi connectivity index (χ1n) is 6.18. The Bertz CT molecular complexity index is 566. The summed E-state index contributed by atoms with van der Waals surface area (Å²) in [6, 6.07) is 18.6. The van der Waals surface area contributed by atoms with E-state index in [9.17, 15) is 0 Å². The van der Waals surface area contributed by atoms with Crippen molar-refractivity contribution in [2.24, 2.45) is 0 Å². The van der Waals surface area contributed by atoms with Crippen LogP contribution in [0.1, 0.15) is 17.3 Å². The van der Waals surface area contributed by atoms with Crippen LogP contribution in [0.25, 0.3) is 0 Å². The molecule has 2 aromatic heterocycles. The zero-order valence-corrected chi connectivity index (χ0v) is 11.2. The van der Waals surface area contributed by atoms with Gasteiger partial charge < -0.3 is 5.32 Å². The van der Waals surface area contributed by atoms with Gasteiger partial charge in [0.2, 0.25) is 0 Å². The lowest BCUT2D eigenvalue weighted by Crippen LogP contribution is -2.13. The van der Waals surface area contributed by atoms with E-state index in [4.69, 9.17) is 0 Å². The number of aromatic nitrogens is 1. The van der Waals surface area contributed by atoms with E-state index in [-0.39, 0.29) is 6.04 Å². The molecule has 0 radical (unpaired) electrons. The third-order valence-corrected chi connectivity index (χ3v) is 3.63. The van der Waals surface area contributed by atoms with Crippen molar-refractivity contribution in [2.45, 2.75) is 6.04 Å². The average molecular weight is 266 g/mol. The molecular weight excluding hydrogens is 252 g/mol. The molecule has 1 atom stereocenters. The fraction of sp³-hybridized carbons (Fsp3) is 0.0625. The van der Waals surface area contributed by atoms with Crippen molar-refractivity contribution in [3.8, 4) is 0 Å². The summed E-state index contributed by atoms with van der Waals surface area (Å²) in [5.74, 6) is 0. The normalized spacial score (nSPS) is 12.0. The van der Waals surface area contributed by atoms with Crippen LogP contribution in [0.3, 0.4) is 0 Å². The molecule has 1 N–H and O–H groups in total. The topological polar surface area (TPSA) is 24.9 Å². The number of hydrogen-bond donors (Lipinski definition) is 1. The fourth-order valence-corrected chi connectivity index (χ4v) is 2.63. The van der Waals surface area contributed by atoms with Crippen molar-refractivity contribution in [3.05, 3.63) is 82.8 Å². The van der Waals surface area contributed by atoms with Crippen molar-refractivity contribution < 1.29 is 0 Å². The van der Waals surface area contributed by atoms with Gasteiger partial charge in [-0.3, -0.25) is 4.98 Å². The number of pyridine rings is 1. The van der Waals surface area contributed by atoms with E-state index in [2.05, 4.69) is 57.5 Å². The Morgan fingerprint density at radius 1 is 0.947 bits per heavy atom. The first kappa shape index (κ1) is 11.9. The molecule has 0 fully saturated rings. The first-order chi connectivity index (χ1) is 9.43. The van der Waals surface area contributed by atoms with Crippen LogP contribution >= 0.6 is 11.3 Å². The van der Waals surface area contributed by atoms with Crippen molar-refractivity contribution in [1.82, 2.24) is 4.98 Å². The van der Waals surface area contributed by atoms with Gasteiger partial charge in [0.25, 0.3) is 0 Å². The highest BCUT2D eigenvalue weighted by Gasteiger charge is 2.14. The molecule has 0 amide bonds. The van der Waals surface area contributed by atoms with Gasteiger partial charge in [0.1, 0.15) is 0 Å². The van der Waals surface area contributed by atoms with Gasteiger partial charge in [0.15, 0.2) is 0 Å². The summed E-state index contributed by atoms with van der Waals surface area (Å²) in [7, 11) is 0. The van der Waals surface area contributed by atoms with E-state index >= 15 is 0 Å². The monoisotopic (exact) mass is 266 g/mol. The third kappa shape index (κ3) is 2.83. The molecule has 2 heterocycles. The second-order valence-corrected chi connectivity index (χ2v) is 5.03. The van der Waals surface area contributed by atoms with Crippen molar-refractivity contribution >= 4 is 17.0 Å². The summed E-state index contributed by atoms with van der Waals surface area (Å²) < 4.78 is 0. The minimum atomic E-state index is 0.0806. The number of hydrogen-bond acceptors (Lipinski definition) is 3. The molecule has 0 spiro atoms. The van der Waals surface area contributed by atoms with Crippen LogP contribution < -0.4 is 5.32 Å². The lowest BCUT2D eigenvalue weighted by atomic mass is 10.0. The van der Waals surface area contributed by atoms with Crippen LogP contribution in [0, 0.1) is 0 Å². The number of nitrogens with one attached hydrogen (secondary N) is 1. The number of anilines is 1. The molecule has 1 unspecified atom stereocenters. The number of thiophene rings is 1.